The maximum Gasteiger partial charge on any atom is 0.127 e. The van der Waals surface area contributed by atoms with Crippen molar-refractivity contribution in [1.29, 1.82) is 0 Å². The summed E-state index contributed by atoms with van der Waals surface area (Å²) in [5.41, 5.74) is 2.76. The smallest absolute Gasteiger partial charge is 0.127 e. The third kappa shape index (κ3) is 2.99. The van der Waals surface area contributed by atoms with Gasteiger partial charge in [0.1, 0.15) is 5.75 Å². The van der Waals surface area contributed by atoms with Crippen LogP contribution in [0.15, 0.2) is 16.6 Å². The molecule has 21 heavy (non-hydrogen) atoms. The molecule has 1 aliphatic heterocycles. The van der Waals surface area contributed by atoms with Crippen LogP contribution in [0.1, 0.15) is 62.5 Å². The molecule has 0 N–H and O–H groups in total. The van der Waals surface area contributed by atoms with Crippen LogP contribution >= 0.6 is 27.5 Å². The van der Waals surface area contributed by atoms with E-state index >= 15 is 0 Å². The zero-order valence-electron chi connectivity index (χ0n) is 12.9. The summed E-state index contributed by atoms with van der Waals surface area (Å²) in [4.78, 5) is 0. The molecule has 116 valence electrons. The number of rotatable bonds is 4. The van der Waals surface area contributed by atoms with E-state index in [0.717, 1.165) is 23.2 Å². The predicted octanol–water partition coefficient (Wildman–Crippen LogP) is 6.27. The van der Waals surface area contributed by atoms with Crippen molar-refractivity contribution in [2.45, 2.75) is 57.7 Å². The lowest BCUT2D eigenvalue weighted by Crippen LogP contribution is -2.25. The second-order valence-electron chi connectivity index (χ2n) is 7.11. The fraction of sp³-hybridized carbons (Fsp3) is 0.667. The Morgan fingerprint density at radius 2 is 2.00 bits per heavy atom. The molecule has 0 radical (unpaired) electrons. The van der Waals surface area contributed by atoms with Gasteiger partial charge in [-0.3, -0.25) is 0 Å². The maximum absolute atomic E-state index is 7.07. The van der Waals surface area contributed by atoms with E-state index in [9.17, 15) is 0 Å². The van der Waals surface area contributed by atoms with Gasteiger partial charge in [0.15, 0.2) is 0 Å². The van der Waals surface area contributed by atoms with Crippen molar-refractivity contribution >= 4 is 27.5 Å². The van der Waals surface area contributed by atoms with Crippen LogP contribution < -0.4 is 4.74 Å². The second-order valence-corrected chi connectivity index (χ2v) is 8.46. The van der Waals surface area contributed by atoms with Crippen LogP contribution in [0.3, 0.4) is 0 Å². The highest BCUT2D eigenvalue weighted by atomic mass is 79.9. The first-order valence-corrected chi connectivity index (χ1v) is 9.34. The Morgan fingerprint density at radius 3 is 2.67 bits per heavy atom. The fourth-order valence-corrected chi connectivity index (χ4v) is 5.26. The molecule has 0 aromatic heterocycles. The Kier molecular flexibility index (Phi) is 4.57. The molecule has 0 saturated heterocycles. The molecule has 1 aromatic carbocycles. The zero-order chi connectivity index (χ0) is 15.0. The number of alkyl halides is 1. The number of benzene rings is 1. The number of halogens is 2. The van der Waals surface area contributed by atoms with Gasteiger partial charge in [-0.1, -0.05) is 42.6 Å². The number of hydrogen-bond donors (Lipinski definition) is 0. The van der Waals surface area contributed by atoms with E-state index in [2.05, 4.69) is 41.9 Å². The molecule has 1 aliphatic carbocycles. The topological polar surface area (TPSA) is 9.23 Å². The molecule has 1 atom stereocenters. The summed E-state index contributed by atoms with van der Waals surface area (Å²) in [5, 5.41) is 0.0618. The van der Waals surface area contributed by atoms with Crippen LogP contribution in [0.4, 0.5) is 0 Å². The number of hydrogen-bond acceptors (Lipinski definition) is 1. The van der Waals surface area contributed by atoms with Gasteiger partial charge in [0, 0.05) is 16.5 Å². The van der Waals surface area contributed by atoms with Crippen molar-refractivity contribution in [3.63, 3.8) is 0 Å². The number of ether oxygens (including phenoxy) is 1. The van der Waals surface area contributed by atoms with Gasteiger partial charge in [-0.05, 0) is 48.3 Å². The predicted molar refractivity (Wildman–Crippen MR) is 92.3 cm³/mol. The van der Waals surface area contributed by atoms with Crippen LogP contribution in [0, 0.1) is 11.3 Å². The fourth-order valence-electron chi connectivity index (χ4n) is 4.27. The normalized spacial score (nSPS) is 21.4. The first-order chi connectivity index (χ1) is 10.0. The molecule has 1 aromatic rings. The van der Waals surface area contributed by atoms with E-state index < -0.39 is 0 Å². The third-order valence-corrected chi connectivity index (χ3v) is 6.16. The highest BCUT2D eigenvalue weighted by Gasteiger charge is 2.43. The minimum absolute atomic E-state index is 0.0618. The van der Waals surface area contributed by atoms with Crippen LogP contribution in [0.25, 0.3) is 0 Å². The van der Waals surface area contributed by atoms with Gasteiger partial charge < -0.3 is 4.74 Å². The van der Waals surface area contributed by atoms with E-state index in [4.69, 9.17) is 16.3 Å². The molecule has 0 bridgehead atoms. The van der Waals surface area contributed by atoms with Crippen molar-refractivity contribution in [3.8, 4) is 5.75 Å². The maximum atomic E-state index is 7.07. The Labute approximate surface area is 141 Å². The van der Waals surface area contributed by atoms with Crippen LogP contribution in [0.2, 0.25) is 0 Å². The molecule has 3 heteroatoms. The molecule has 1 heterocycles. The molecule has 3 rings (SSSR count). The van der Waals surface area contributed by atoms with Gasteiger partial charge >= 0.3 is 0 Å². The standard InChI is InChI=1S/C18H24BrClO/c1-12(2)11-18(6-3-4-7-18)17(20)15-10-14(19)9-13-5-8-21-16(13)15/h9-10,12,17H,3-8,11H2,1-2H3. The zero-order valence-corrected chi connectivity index (χ0v) is 15.3. The Morgan fingerprint density at radius 1 is 1.29 bits per heavy atom. The Bertz CT molecular complexity index is 520. The van der Waals surface area contributed by atoms with Gasteiger partial charge in [-0.2, -0.15) is 0 Å². The van der Waals surface area contributed by atoms with E-state index in [0.29, 0.717) is 5.92 Å². The van der Waals surface area contributed by atoms with Crippen LogP contribution in [0.5, 0.6) is 5.75 Å². The summed E-state index contributed by atoms with van der Waals surface area (Å²) in [6, 6.07) is 4.36. The largest absolute Gasteiger partial charge is 0.493 e. The van der Waals surface area contributed by atoms with Crippen molar-refractivity contribution in [2.75, 3.05) is 6.61 Å². The molecule has 0 spiro atoms. The van der Waals surface area contributed by atoms with Crippen LogP contribution in [-0.2, 0) is 6.42 Å². The third-order valence-electron chi connectivity index (χ3n) is 5.00. The molecule has 1 unspecified atom stereocenters. The quantitative estimate of drug-likeness (QED) is 0.567. The van der Waals surface area contributed by atoms with Gasteiger partial charge in [-0.15, -0.1) is 11.6 Å². The lowest BCUT2D eigenvalue weighted by Gasteiger charge is -2.36. The van der Waals surface area contributed by atoms with Crippen LogP contribution in [-0.4, -0.2) is 6.61 Å². The monoisotopic (exact) mass is 370 g/mol. The SMILES string of the molecule is CC(C)CC1(C(Cl)c2cc(Br)cc3c2OCC3)CCCC1. The van der Waals surface area contributed by atoms with E-state index in [1.807, 2.05) is 0 Å². The van der Waals surface area contributed by atoms with Crippen molar-refractivity contribution in [2.24, 2.45) is 11.3 Å². The van der Waals surface area contributed by atoms with E-state index in [-0.39, 0.29) is 10.8 Å². The van der Waals surface area contributed by atoms with Crippen molar-refractivity contribution in [3.05, 3.63) is 27.7 Å². The van der Waals surface area contributed by atoms with Crippen molar-refractivity contribution < 1.29 is 4.74 Å². The van der Waals surface area contributed by atoms with Gasteiger partial charge in [0.05, 0.1) is 12.0 Å². The number of fused-ring (bicyclic) bond motifs is 1. The molecule has 1 nitrogen and oxygen atoms in total. The lowest BCUT2D eigenvalue weighted by atomic mass is 9.73. The summed E-state index contributed by atoms with van der Waals surface area (Å²) in [6.07, 6.45) is 7.34. The summed E-state index contributed by atoms with van der Waals surface area (Å²) >= 11 is 10.7. The lowest BCUT2D eigenvalue weighted by molar-refractivity contribution is 0.220. The molecular formula is C18H24BrClO. The van der Waals surface area contributed by atoms with E-state index in [1.54, 1.807) is 0 Å². The minimum atomic E-state index is 0.0618. The summed E-state index contributed by atoms with van der Waals surface area (Å²) < 4.78 is 7.04. The first-order valence-electron chi connectivity index (χ1n) is 8.11. The van der Waals surface area contributed by atoms with Gasteiger partial charge in [0.2, 0.25) is 0 Å². The van der Waals surface area contributed by atoms with Crippen molar-refractivity contribution in [1.82, 2.24) is 0 Å². The van der Waals surface area contributed by atoms with E-state index in [1.165, 1.54) is 43.2 Å². The summed E-state index contributed by atoms with van der Waals surface area (Å²) in [7, 11) is 0. The highest BCUT2D eigenvalue weighted by molar-refractivity contribution is 9.10. The molecule has 2 aliphatic rings. The molecular weight excluding hydrogens is 348 g/mol. The molecule has 0 amide bonds. The first kappa shape index (κ1) is 15.7. The average molecular weight is 372 g/mol. The molecule has 1 saturated carbocycles. The summed E-state index contributed by atoms with van der Waals surface area (Å²) in [6.45, 7) is 5.41. The average Bonchev–Trinajstić information content (AvgIpc) is 3.05. The minimum Gasteiger partial charge on any atom is -0.493 e. The summed E-state index contributed by atoms with van der Waals surface area (Å²) in [5.74, 6) is 1.75. The second kappa shape index (κ2) is 6.12. The Balaban J connectivity index is 1.99. The molecule has 1 fully saturated rings. The van der Waals surface area contributed by atoms with Gasteiger partial charge in [0.25, 0.3) is 0 Å². The highest BCUT2D eigenvalue weighted by Crippen LogP contribution is 2.57. The Hall–Kier alpha value is -0.210. The van der Waals surface area contributed by atoms with Gasteiger partial charge in [-0.25, -0.2) is 0 Å².